The minimum Gasteiger partial charge on any atom is -0.380 e. The van der Waals surface area contributed by atoms with Crippen LogP contribution in [0.4, 0.5) is 11.4 Å². The largest absolute Gasteiger partial charge is 0.380 e. The van der Waals surface area contributed by atoms with Crippen molar-refractivity contribution in [1.82, 2.24) is 4.90 Å². The van der Waals surface area contributed by atoms with Crippen molar-refractivity contribution in [2.24, 2.45) is 0 Å². The number of nitrogens with zero attached hydrogens (tertiary/aromatic N) is 2. The summed E-state index contributed by atoms with van der Waals surface area (Å²) in [5.74, 6) is 0. The van der Waals surface area contributed by atoms with Crippen LogP contribution in [0.3, 0.4) is 0 Å². The monoisotopic (exact) mass is 251 g/mol. The predicted octanol–water partition coefficient (Wildman–Crippen LogP) is 2.87. The first kappa shape index (κ1) is 14.4. The molecule has 5 nitrogen and oxygen atoms in total. The third-order valence-corrected chi connectivity index (χ3v) is 2.68. The Labute approximate surface area is 108 Å². The molecule has 0 amide bonds. The van der Waals surface area contributed by atoms with E-state index in [4.69, 9.17) is 0 Å². The fraction of sp³-hybridized carbons (Fsp3) is 0.538. The standard InChI is InChI=1S/C13H21N3O2/c1-4-8-15(3)10-11-6-7-13(16(17)18)12(9-11)14-5-2/h6-7,9,14H,4-5,8,10H2,1-3H3. The normalized spacial score (nSPS) is 10.7. The van der Waals surface area contributed by atoms with Crippen LogP contribution < -0.4 is 5.32 Å². The van der Waals surface area contributed by atoms with Crippen LogP contribution >= 0.6 is 0 Å². The fourth-order valence-electron chi connectivity index (χ4n) is 1.95. The van der Waals surface area contributed by atoms with Gasteiger partial charge in [-0.1, -0.05) is 13.0 Å². The Balaban J connectivity index is 2.88. The van der Waals surface area contributed by atoms with Crippen LogP contribution in [0.15, 0.2) is 18.2 Å². The number of nitrogens with one attached hydrogen (secondary N) is 1. The van der Waals surface area contributed by atoms with Gasteiger partial charge < -0.3 is 10.2 Å². The summed E-state index contributed by atoms with van der Waals surface area (Å²) < 4.78 is 0. The first-order chi connectivity index (χ1) is 8.58. The molecule has 0 aliphatic rings. The summed E-state index contributed by atoms with van der Waals surface area (Å²) in [6.07, 6.45) is 1.10. The van der Waals surface area contributed by atoms with E-state index in [1.54, 1.807) is 6.07 Å². The summed E-state index contributed by atoms with van der Waals surface area (Å²) in [5, 5.41) is 13.9. The van der Waals surface area contributed by atoms with E-state index < -0.39 is 0 Å². The minimum atomic E-state index is -0.350. The molecule has 5 heteroatoms. The van der Waals surface area contributed by atoms with Crippen molar-refractivity contribution >= 4 is 11.4 Å². The van der Waals surface area contributed by atoms with Crippen molar-refractivity contribution in [3.63, 3.8) is 0 Å². The van der Waals surface area contributed by atoms with E-state index in [0.717, 1.165) is 25.1 Å². The summed E-state index contributed by atoms with van der Waals surface area (Å²) in [6, 6.07) is 5.27. The Hall–Kier alpha value is -1.62. The van der Waals surface area contributed by atoms with Gasteiger partial charge in [-0.3, -0.25) is 10.1 Å². The minimum absolute atomic E-state index is 0.138. The van der Waals surface area contributed by atoms with Gasteiger partial charge in [0.25, 0.3) is 5.69 Å². The summed E-state index contributed by atoms with van der Waals surface area (Å²) in [5.41, 5.74) is 1.83. The van der Waals surface area contributed by atoms with Crippen molar-refractivity contribution in [2.45, 2.75) is 26.8 Å². The van der Waals surface area contributed by atoms with Gasteiger partial charge in [0.2, 0.25) is 0 Å². The highest BCUT2D eigenvalue weighted by atomic mass is 16.6. The zero-order valence-corrected chi connectivity index (χ0v) is 11.3. The van der Waals surface area contributed by atoms with Crippen LogP contribution in [0, 0.1) is 10.1 Å². The van der Waals surface area contributed by atoms with Crippen LogP contribution in [0.1, 0.15) is 25.8 Å². The smallest absolute Gasteiger partial charge is 0.292 e. The molecule has 0 aliphatic carbocycles. The number of nitro groups is 1. The maximum Gasteiger partial charge on any atom is 0.292 e. The Kier molecular flexibility index (Phi) is 5.58. The molecule has 100 valence electrons. The molecule has 1 aromatic rings. The second kappa shape index (κ2) is 6.96. The highest BCUT2D eigenvalue weighted by molar-refractivity contribution is 5.62. The highest BCUT2D eigenvalue weighted by Gasteiger charge is 2.13. The molecular weight excluding hydrogens is 230 g/mol. The third-order valence-electron chi connectivity index (χ3n) is 2.68. The summed E-state index contributed by atoms with van der Waals surface area (Å²) in [6.45, 7) is 6.57. The lowest BCUT2D eigenvalue weighted by molar-refractivity contribution is -0.384. The Morgan fingerprint density at radius 2 is 2.11 bits per heavy atom. The average Bonchev–Trinajstić information content (AvgIpc) is 2.29. The fourth-order valence-corrected chi connectivity index (χ4v) is 1.95. The SMILES string of the molecule is CCCN(C)Cc1ccc([N+](=O)[O-])c(NCC)c1. The van der Waals surface area contributed by atoms with Crippen LogP contribution in [-0.4, -0.2) is 30.0 Å². The molecule has 18 heavy (non-hydrogen) atoms. The molecule has 0 saturated heterocycles. The number of hydrogen-bond donors (Lipinski definition) is 1. The average molecular weight is 251 g/mol. The van der Waals surface area contributed by atoms with Gasteiger partial charge >= 0.3 is 0 Å². The van der Waals surface area contributed by atoms with E-state index in [9.17, 15) is 10.1 Å². The van der Waals surface area contributed by atoms with E-state index in [-0.39, 0.29) is 10.6 Å². The van der Waals surface area contributed by atoms with Gasteiger partial charge in [0.05, 0.1) is 4.92 Å². The lowest BCUT2D eigenvalue weighted by atomic mass is 10.1. The molecule has 0 fully saturated rings. The number of hydrogen-bond acceptors (Lipinski definition) is 4. The van der Waals surface area contributed by atoms with Gasteiger partial charge in [0.15, 0.2) is 0 Å². The van der Waals surface area contributed by atoms with Crippen LogP contribution in [-0.2, 0) is 6.54 Å². The molecule has 0 heterocycles. The zero-order valence-electron chi connectivity index (χ0n) is 11.3. The number of anilines is 1. The highest BCUT2D eigenvalue weighted by Crippen LogP contribution is 2.25. The van der Waals surface area contributed by atoms with E-state index in [1.165, 1.54) is 0 Å². The van der Waals surface area contributed by atoms with Crippen molar-refractivity contribution in [3.05, 3.63) is 33.9 Å². The Bertz CT molecular complexity index is 407. The second-order valence-electron chi connectivity index (χ2n) is 4.38. The first-order valence-electron chi connectivity index (χ1n) is 6.28. The number of nitro benzene ring substituents is 1. The summed E-state index contributed by atoms with van der Waals surface area (Å²) in [7, 11) is 2.05. The topological polar surface area (TPSA) is 58.4 Å². The van der Waals surface area contributed by atoms with Gasteiger partial charge in [0, 0.05) is 19.2 Å². The molecule has 0 aromatic heterocycles. The van der Waals surface area contributed by atoms with Gasteiger partial charge in [-0.25, -0.2) is 0 Å². The molecule has 0 saturated carbocycles. The van der Waals surface area contributed by atoms with Gasteiger partial charge in [0.1, 0.15) is 5.69 Å². The molecule has 0 aliphatic heterocycles. The molecule has 1 aromatic carbocycles. The van der Waals surface area contributed by atoms with Gasteiger partial charge in [-0.05, 0) is 38.6 Å². The molecule has 1 rings (SSSR count). The molecule has 0 unspecified atom stereocenters. The quantitative estimate of drug-likeness (QED) is 0.598. The van der Waals surface area contributed by atoms with E-state index >= 15 is 0 Å². The van der Waals surface area contributed by atoms with Crippen LogP contribution in [0.25, 0.3) is 0 Å². The number of benzene rings is 1. The Morgan fingerprint density at radius 3 is 2.67 bits per heavy atom. The van der Waals surface area contributed by atoms with Crippen molar-refractivity contribution in [1.29, 1.82) is 0 Å². The van der Waals surface area contributed by atoms with E-state index in [2.05, 4.69) is 24.2 Å². The maximum atomic E-state index is 10.9. The maximum absolute atomic E-state index is 10.9. The van der Waals surface area contributed by atoms with Crippen molar-refractivity contribution in [3.8, 4) is 0 Å². The van der Waals surface area contributed by atoms with Crippen LogP contribution in [0.5, 0.6) is 0 Å². The van der Waals surface area contributed by atoms with Crippen molar-refractivity contribution < 1.29 is 4.92 Å². The molecule has 0 radical (unpaired) electrons. The molecule has 0 atom stereocenters. The molecular formula is C13H21N3O2. The predicted molar refractivity (Wildman–Crippen MR) is 73.9 cm³/mol. The first-order valence-corrected chi connectivity index (χ1v) is 6.28. The van der Waals surface area contributed by atoms with Crippen LogP contribution in [0.2, 0.25) is 0 Å². The molecule has 0 bridgehead atoms. The summed E-state index contributed by atoms with van der Waals surface area (Å²) >= 11 is 0. The lowest BCUT2D eigenvalue weighted by Crippen LogP contribution is -2.18. The Morgan fingerprint density at radius 1 is 1.39 bits per heavy atom. The molecule has 1 N–H and O–H groups in total. The zero-order chi connectivity index (χ0) is 13.5. The van der Waals surface area contributed by atoms with E-state index in [1.807, 2.05) is 19.1 Å². The lowest BCUT2D eigenvalue weighted by Gasteiger charge is -2.16. The van der Waals surface area contributed by atoms with Crippen molar-refractivity contribution in [2.75, 3.05) is 25.5 Å². The number of rotatable bonds is 7. The third kappa shape index (κ3) is 4.00. The summed E-state index contributed by atoms with van der Waals surface area (Å²) in [4.78, 5) is 12.7. The second-order valence-corrected chi connectivity index (χ2v) is 4.38. The van der Waals surface area contributed by atoms with E-state index in [0.29, 0.717) is 12.2 Å². The van der Waals surface area contributed by atoms with Gasteiger partial charge in [-0.2, -0.15) is 0 Å². The molecule has 0 spiro atoms. The van der Waals surface area contributed by atoms with Gasteiger partial charge in [-0.15, -0.1) is 0 Å².